The maximum Gasteiger partial charge on any atom is 0.0384 e. The summed E-state index contributed by atoms with van der Waals surface area (Å²) in [4.78, 5) is 0. The van der Waals surface area contributed by atoms with Crippen LogP contribution in [-0.4, -0.2) is 4.57 Å². The minimum Gasteiger partial charge on any atom is -0.345 e. The maximum atomic E-state index is 5.63. The molecule has 1 aromatic heterocycles. The molecule has 0 aliphatic heterocycles. The molecule has 68 valence electrons. The van der Waals surface area contributed by atoms with Crippen LogP contribution in [0.15, 0.2) is 18.3 Å². The van der Waals surface area contributed by atoms with E-state index >= 15 is 0 Å². The van der Waals surface area contributed by atoms with E-state index in [0.717, 1.165) is 6.42 Å². The topological polar surface area (TPSA) is 30.9 Å². The second kappa shape index (κ2) is 3.31. The lowest BCUT2D eigenvalue weighted by atomic mass is 10.0. The Kier molecular flexibility index (Phi) is 2.58. The van der Waals surface area contributed by atoms with Crippen LogP contribution in [0, 0.1) is 0 Å². The van der Waals surface area contributed by atoms with Gasteiger partial charge < -0.3 is 10.3 Å². The van der Waals surface area contributed by atoms with Gasteiger partial charge in [-0.3, -0.25) is 0 Å². The second-order valence-electron chi connectivity index (χ2n) is 3.74. The molecule has 0 spiro atoms. The Balaban J connectivity index is 3.00. The Labute approximate surface area is 74.4 Å². The molecule has 0 saturated carbocycles. The van der Waals surface area contributed by atoms with Crippen molar-refractivity contribution in [2.24, 2.45) is 5.73 Å². The molecule has 0 aliphatic carbocycles. The van der Waals surface area contributed by atoms with Crippen molar-refractivity contribution in [1.82, 2.24) is 4.57 Å². The number of nitrogens with two attached hydrogens (primary N) is 1. The highest BCUT2D eigenvalue weighted by Crippen LogP contribution is 2.21. The van der Waals surface area contributed by atoms with Gasteiger partial charge in [0.25, 0.3) is 0 Å². The van der Waals surface area contributed by atoms with Crippen LogP contribution in [0.3, 0.4) is 0 Å². The first-order chi connectivity index (χ1) is 5.61. The molecule has 0 fully saturated rings. The summed E-state index contributed by atoms with van der Waals surface area (Å²) in [6, 6.07) is 4.14. The second-order valence-corrected chi connectivity index (χ2v) is 3.74. The highest BCUT2D eigenvalue weighted by Gasteiger charge is 2.18. The first kappa shape index (κ1) is 9.33. The highest BCUT2D eigenvalue weighted by atomic mass is 15.0. The molecule has 12 heavy (non-hydrogen) atoms. The third-order valence-electron chi connectivity index (χ3n) is 2.56. The zero-order chi connectivity index (χ0) is 9.19. The Morgan fingerprint density at radius 1 is 1.50 bits per heavy atom. The number of hydrogen-bond donors (Lipinski definition) is 1. The lowest BCUT2D eigenvalue weighted by Gasteiger charge is -2.27. The standard InChI is InChI=1S/C10H18N2/c1-4-10(2,3)12-7-5-6-9(12)8-11/h5-7H,4,8,11H2,1-3H3. The molecule has 2 N–H and O–H groups in total. The molecule has 0 amide bonds. The molecule has 1 heterocycles. The van der Waals surface area contributed by atoms with Crippen molar-refractivity contribution >= 4 is 0 Å². The summed E-state index contributed by atoms with van der Waals surface area (Å²) in [7, 11) is 0. The molecule has 0 aromatic carbocycles. The average molecular weight is 166 g/mol. The Morgan fingerprint density at radius 3 is 2.67 bits per heavy atom. The quantitative estimate of drug-likeness (QED) is 0.732. The van der Waals surface area contributed by atoms with E-state index in [1.54, 1.807) is 0 Å². The van der Waals surface area contributed by atoms with Crippen LogP contribution in [0.2, 0.25) is 0 Å². The number of rotatable bonds is 3. The first-order valence-electron chi connectivity index (χ1n) is 4.48. The van der Waals surface area contributed by atoms with Gasteiger partial charge in [0.05, 0.1) is 0 Å². The van der Waals surface area contributed by atoms with Crippen LogP contribution in [0.1, 0.15) is 32.9 Å². The van der Waals surface area contributed by atoms with Gasteiger partial charge in [0.15, 0.2) is 0 Å². The first-order valence-corrected chi connectivity index (χ1v) is 4.48. The van der Waals surface area contributed by atoms with Gasteiger partial charge in [-0.1, -0.05) is 6.92 Å². The molecule has 2 nitrogen and oxygen atoms in total. The molecule has 0 aliphatic rings. The SMILES string of the molecule is CCC(C)(C)n1cccc1CN. The predicted molar refractivity (Wildman–Crippen MR) is 51.9 cm³/mol. The smallest absolute Gasteiger partial charge is 0.0384 e. The van der Waals surface area contributed by atoms with Gasteiger partial charge in [-0.15, -0.1) is 0 Å². The zero-order valence-corrected chi connectivity index (χ0v) is 8.17. The molecule has 0 atom stereocenters. The van der Waals surface area contributed by atoms with Crippen molar-refractivity contribution in [1.29, 1.82) is 0 Å². The summed E-state index contributed by atoms with van der Waals surface area (Å²) in [6.07, 6.45) is 3.22. The number of aromatic nitrogens is 1. The van der Waals surface area contributed by atoms with Gasteiger partial charge in [0.2, 0.25) is 0 Å². The average Bonchev–Trinajstić information content (AvgIpc) is 2.52. The van der Waals surface area contributed by atoms with Crippen LogP contribution < -0.4 is 5.73 Å². The van der Waals surface area contributed by atoms with Crippen LogP contribution >= 0.6 is 0 Å². The van der Waals surface area contributed by atoms with Crippen LogP contribution in [-0.2, 0) is 12.1 Å². The van der Waals surface area contributed by atoms with Gasteiger partial charge in [0.1, 0.15) is 0 Å². The Bertz CT molecular complexity index is 248. The molecule has 0 saturated heterocycles. The number of nitrogens with zero attached hydrogens (tertiary/aromatic N) is 1. The van der Waals surface area contributed by atoms with Crippen molar-refractivity contribution in [2.45, 2.75) is 39.3 Å². The normalized spacial score (nSPS) is 12.0. The third-order valence-corrected chi connectivity index (χ3v) is 2.56. The predicted octanol–water partition coefficient (Wildman–Crippen LogP) is 2.09. The molecule has 0 unspecified atom stereocenters. The van der Waals surface area contributed by atoms with E-state index in [4.69, 9.17) is 5.73 Å². The highest BCUT2D eigenvalue weighted by molar-refractivity contribution is 5.09. The van der Waals surface area contributed by atoms with E-state index in [-0.39, 0.29) is 5.54 Å². The fraction of sp³-hybridized carbons (Fsp3) is 0.600. The van der Waals surface area contributed by atoms with Crippen molar-refractivity contribution in [3.05, 3.63) is 24.0 Å². The lowest BCUT2D eigenvalue weighted by Crippen LogP contribution is -2.27. The maximum absolute atomic E-state index is 5.63. The van der Waals surface area contributed by atoms with Crippen molar-refractivity contribution in [2.75, 3.05) is 0 Å². The monoisotopic (exact) mass is 166 g/mol. The molecule has 0 radical (unpaired) electrons. The van der Waals surface area contributed by atoms with Gasteiger partial charge >= 0.3 is 0 Å². The summed E-state index contributed by atoms with van der Waals surface area (Å²) in [6.45, 7) is 7.27. The number of hydrogen-bond acceptors (Lipinski definition) is 1. The zero-order valence-electron chi connectivity index (χ0n) is 8.17. The van der Waals surface area contributed by atoms with E-state index in [9.17, 15) is 0 Å². The van der Waals surface area contributed by atoms with E-state index in [0.29, 0.717) is 6.54 Å². The van der Waals surface area contributed by atoms with Gasteiger partial charge in [-0.05, 0) is 32.4 Å². The van der Waals surface area contributed by atoms with E-state index in [1.807, 2.05) is 0 Å². The molecular weight excluding hydrogens is 148 g/mol. The molecule has 0 bridgehead atoms. The minimum absolute atomic E-state index is 0.193. The summed E-state index contributed by atoms with van der Waals surface area (Å²) >= 11 is 0. The summed E-state index contributed by atoms with van der Waals surface area (Å²) in [5.74, 6) is 0. The van der Waals surface area contributed by atoms with Crippen LogP contribution in [0.4, 0.5) is 0 Å². The Hall–Kier alpha value is -0.760. The third kappa shape index (κ3) is 1.53. The van der Waals surface area contributed by atoms with Crippen molar-refractivity contribution in [3.63, 3.8) is 0 Å². The lowest BCUT2D eigenvalue weighted by molar-refractivity contribution is 0.334. The molecule has 1 rings (SSSR count). The van der Waals surface area contributed by atoms with Crippen LogP contribution in [0.5, 0.6) is 0 Å². The fourth-order valence-electron chi connectivity index (χ4n) is 1.34. The van der Waals surface area contributed by atoms with E-state index < -0.39 is 0 Å². The van der Waals surface area contributed by atoms with E-state index in [2.05, 4.69) is 43.7 Å². The van der Waals surface area contributed by atoms with Crippen molar-refractivity contribution in [3.8, 4) is 0 Å². The fourth-order valence-corrected chi connectivity index (χ4v) is 1.34. The summed E-state index contributed by atoms with van der Waals surface area (Å²) < 4.78 is 2.26. The molecular formula is C10H18N2. The molecule has 1 aromatic rings. The minimum atomic E-state index is 0.193. The van der Waals surface area contributed by atoms with Crippen LogP contribution in [0.25, 0.3) is 0 Å². The molecule has 2 heteroatoms. The van der Waals surface area contributed by atoms with Gasteiger partial charge in [0, 0.05) is 24.0 Å². The largest absolute Gasteiger partial charge is 0.345 e. The van der Waals surface area contributed by atoms with E-state index in [1.165, 1.54) is 5.69 Å². The Morgan fingerprint density at radius 2 is 2.17 bits per heavy atom. The van der Waals surface area contributed by atoms with Gasteiger partial charge in [-0.2, -0.15) is 0 Å². The van der Waals surface area contributed by atoms with Gasteiger partial charge in [-0.25, -0.2) is 0 Å². The van der Waals surface area contributed by atoms with Crippen molar-refractivity contribution < 1.29 is 0 Å². The summed E-state index contributed by atoms with van der Waals surface area (Å²) in [5, 5.41) is 0. The summed E-state index contributed by atoms with van der Waals surface area (Å²) in [5.41, 5.74) is 7.03.